The third-order valence-electron chi connectivity index (χ3n) is 21.6. The van der Waals surface area contributed by atoms with Crippen molar-refractivity contribution in [2.75, 3.05) is 114 Å². The molecule has 0 fully saturated rings. The van der Waals surface area contributed by atoms with Gasteiger partial charge in [-0.2, -0.15) is 0 Å². The van der Waals surface area contributed by atoms with Crippen LogP contribution in [0, 0.1) is 0 Å². The van der Waals surface area contributed by atoms with E-state index in [0.717, 1.165) is 0 Å². The number of aryl methyl sites for hydroxylation is 8. The summed E-state index contributed by atoms with van der Waals surface area (Å²) < 4.78 is 139. The predicted molar refractivity (Wildman–Crippen MR) is 474 cm³/mol. The molecule has 0 radical (unpaired) electrons. The van der Waals surface area contributed by atoms with Crippen molar-refractivity contribution in [2.24, 2.45) is 0 Å². The minimum atomic E-state index is -0.576. The van der Waals surface area contributed by atoms with Gasteiger partial charge >= 0.3 is 53.7 Å². The Morgan fingerprint density at radius 2 is 0.318 bits per heavy atom. The van der Waals surface area contributed by atoms with Crippen molar-refractivity contribution < 1.29 is 162 Å². The Hall–Kier alpha value is -14.1. The van der Waals surface area contributed by atoms with Gasteiger partial charge in [0.1, 0.15) is 46.2 Å². The fourth-order valence-electron chi connectivity index (χ4n) is 14.2. The van der Waals surface area contributed by atoms with Crippen LogP contribution in [0.15, 0.2) is 97.1 Å². The van der Waals surface area contributed by atoms with Crippen LogP contribution in [0.2, 0.25) is 0 Å². The van der Waals surface area contributed by atoms with Gasteiger partial charge in [0.2, 0.25) is 0 Å². The lowest BCUT2D eigenvalue weighted by Crippen LogP contribution is -2.10. The van der Waals surface area contributed by atoms with E-state index in [1.54, 1.807) is 97.1 Å². The number of rotatable bonds is 55. The summed E-state index contributed by atoms with van der Waals surface area (Å²) in [6.07, 6.45) is 1.39. The van der Waals surface area contributed by atoms with Crippen molar-refractivity contribution >= 4 is 53.7 Å². The zero-order valence-electron chi connectivity index (χ0n) is 77.6. The number of carbonyl (C=O) groups excluding carboxylic acids is 9. The number of ether oxygens (including phenoxy) is 24. The molecule has 132 heavy (non-hydrogen) atoms. The third kappa shape index (κ3) is 29.7. The van der Waals surface area contributed by atoms with E-state index in [-0.39, 0.29) is 213 Å². The number of carbonyl (C=O) groups is 9. The Bertz CT molecular complexity index is 5260. The van der Waals surface area contributed by atoms with Crippen LogP contribution in [0.4, 0.5) is 0 Å². The SMILES string of the molecule is COC(=O)CCc1cc(OCc2cc(OC)c(OCc3cc(OC)c(OCc4cc(OC)c(OCc5cc(OC)c(OCc6cc(OC)c(OCc7cc(OC)c(OCc8cc(OC)c(OC(C)=O)cc8CCC(=O)OC)cc7CCC(=O)OC)cc6CCC(=O)OC)cc5CCC(=O)OC)cc4CCC(=O)OC)cc3CCC(=O)OC)cc2CCC(=O)OC)c(OC)cc1CO. The van der Waals surface area contributed by atoms with Gasteiger partial charge in [-0.05, 0) is 237 Å². The van der Waals surface area contributed by atoms with Gasteiger partial charge in [-0.25, -0.2) is 0 Å². The van der Waals surface area contributed by atoms with E-state index in [4.69, 9.17) is 114 Å². The van der Waals surface area contributed by atoms with Crippen molar-refractivity contribution in [3.8, 4) is 92.0 Å². The number of benzene rings is 8. The molecule has 0 aliphatic heterocycles. The van der Waals surface area contributed by atoms with E-state index in [1.165, 1.54) is 121 Å². The molecule has 34 heteroatoms. The number of aliphatic hydroxyl groups is 1. The Morgan fingerprint density at radius 3 is 0.455 bits per heavy atom. The van der Waals surface area contributed by atoms with Crippen molar-refractivity contribution in [2.45, 2.75) is 163 Å². The van der Waals surface area contributed by atoms with Gasteiger partial charge < -0.3 is 119 Å². The molecule has 0 aromatic heterocycles. The summed E-state index contributed by atoms with van der Waals surface area (Å²) in [5, 5.41) is 10.2. The number of methoxy groups -OCH3 is 16. The monoisotopic (exact) mass is 1840 g/mol. The first-order valence-electron chi connectivity index (χ1n) is 42.0. The minimum Gasteiger partial charge on any atom is -0.493 e. The topological polar surface area (TPSA) is 395 Å². The molecule has 8 aromatic carbocycles. The standard InChI is InChI=1S/C98H116O34/c1-58(100)132-90-41-66(25-33-98(108)124-17)74(49-82(90)116-9)57-131-89-40-65(24-32-97(107)123-16)73(48-81(89)115-8)56-130-88-39-64(23-31-96(106)122-15)72(47-80(88)114-7)55-129-87-38-63(22-30-95(105)121-14)71(46-79(87)113-6)54-128-86-37-62(21-29-94(104)120-13)70(45-78(86)112-5)53-127-85-36-61(20-28-93(103)119-12)69(44-77(85)111-4)52-126-84-35-60(19-27-92(102)118-11)68(43-76(84)110-3)51-125-83-34-59(18-26-91(101)117-10)67(50-99)42-75(83)109-2/h34-49,99H,18-33,50-57H2,1-17H3. The summed E-state index contributed by atoms with van der Waals surface area (Å²) in [4.78, 5) is 114. The van der Waals surface area contributed by atoms with Crippen molar-refractivity contribution in [1.82, 2.24) is 0 Å². The molecule has 0 aliphatic rings. The van der Waals surface area contributed by atoms with Gasteiger partial charge in [0.25, 0.3) is 0 Å². The molecule has 0 aliphatic carbocycles. The second-order valence-electron chi connectivity index (χ2n) is 29.6. The first kappa shape index (κ1) is 103. The second-order valence-corrected chi connectivity index (χ2v) is 29.6. The van der Waals surface area contributed by atoms with Crippen molar-refractivity contribution in [3.05, 3.63) is 186 Å². The normalized spacial score (nSPS) is 10.7. The maximum Gasteiger partial charge on any atom is 0.308 e. The predicted octanol–water partition coefficient (Wildman–Crippen LogP) is 13.1. The Kier molecular flexibility index (Phi) is 41.1. The molecular weight excluding hydrogens is 1720 g/mol. The van der Waals surface area contributed by atoms with Gasteiger partial charge in [-0.3, -0.25) is 43.2 Å². The first-order valence-corrected chi connectivity index (χ1v) is 42.0. The maximum absolute atomic E-state index is 12.9. The zero-order valence-corrected chi connectivity index (χ0v) is 77.6. The number of esters is 9. The van der Waals surface area contributed by atoms with E-state index >= 15 is 0 Å². The van der Waals surface area contributed by atoms with Crippen LogP contribution < -0.4 is 75.8 Å². The van der Waals surface area contributed by atoms with E-state index in [0.29, 0.717) is 124 Å². The molecule has 0 bridgehead atoms. The molecule has 0 spiro atoms. The summed E-state index contributed by atoms with van der Waals surface area (Å²) in [7, 11) is 22.0. The van der Waals surface area contributed by atoms with Gasteiger partial charge in [0, 0.05) is 58.3 Å². The summed E-state index contributed by atoms with van der Waals surface area (Å²) in [6.45, 7) is 0.293. The number of hydrogen-bond donors (Lipinski definition) is 1. The lowest BCUT2D eigenvalue weighted by Gasteiger charge is -2.21. The first-order chi connectivity index (χ1) is 63.7. The number of hydrogen-bond acceptors (Lipinski definition) is 34. The Morgan fingerprint density at radius 1 is 0.189 bits per heavy atom. The largest absolute Gasteiger partial charge is 0.493 e. The molecule has 712 valence electrons. The highest BCUT2D eigenvalue weighted by molar-refractivity contribution is 5.75. The van der Waals surface area contributed by atoms with Crippen LogP contribution in [0.3, 0.4) is 0 Å². The molecule has 34 nitrogen and oxygen atoms in total. The Balaban J connectivity index is 1.06. The van der Waals surface area contributed by atoms with E-state index in [1.807, 2.05) is 0 Å². The van der Waals surface area contributed by atoms with Crippen molar-refractivity contribution in [1.29, 1.82) is 0 Å². The summed E-state index contributed by atoms with van der Waals surface area (Å²) in [5.41, 5.74) is 9.73. The van der Waals surface area contributed by atoms with E-state index in [2.05, 4.69) is 0 Å². The molecule has 0 amide bonds. The van der Waals surface area contributed by atoms with Crippen LogP contribution in [-0.2, 0) is 185 Å². The average Bonchev–Trinajstić information content (AvgIpc) is 0.806. The molecule has 8 aromatic rings. The van der Waals surface area contributed by atoms with Crippen molar-refractivity contribution in [3.63, 3.8) is 0 Å². The molecule has 8 rings (SSSR count). The fraction of sp³-hybridized carbons (Fsp3) is 0.418. The fourth-order valence-corrected chi connectivity index (χ4v) is 14.2. The molecule has 0 unspecified atom stereocenters. The highest BCUT2D eigenvalue weighted by Gasteiger charge is 2.27. The van der Waals surface area contributed by atoms with Crippen LogP contribution in [0.1, 0.15) is 147 Å². The molecule has 1 N–H and O–H groups in total. The molecule has 0 atom stereocenters. The van der Waals surface area contributed by atoms with Gasteiger partial charge in [0.15, 0.2) is 92.0 Å². The zero-order chi connectivity index (χ0) is 95.9. The van der Waals surface area contributed by atoms with Crippen LogP contribution in [0.5, 0.6) is 92.0 Å². The second kappa shape index (κ2) is 52.6. The van der Waals surface area contributed by atoms with Gasteiger partial charge in [-0.15, -0.1) is 0 Å². The summed E-state index contributed by atoms with van der Waals surface area (Å²) in [6, 6.07) is 27.4. The quantitative estimate of drug-likeness (QED) is 0.0210. The van der Waals surface area contributed by atoms with E-state index in [9.17, 15) is 48.3 Å². The Labute approximate surface area is 766 Å². The summed E-state index contributed by atoms with van der Waals surface area (Å²) in [5.74, 6) is 0.155. The summed E-state index contributed by atoms with van der Waals surface area (Å²) >= 11 is 0. The van der Waals surface area contributed by atoms with Gasteiger partial charge in [0.05, 0.1) is 120 Å². The average molecular weight is 1840 g/mol. The molecular formula is C98H116O34. The smallest absolute Gasteiger partial charge is 0.308 e. The third-order valence-corrected chi connectivity index (χ3v) is 21.6. The molecule has 0 saturated carbocycles. The van der Waals surface area contributed by atoms with Crippen LogP contribution in [-0.4, -0.2) is 173 Å². The lowest BCUT2D eigenvalue weighted by atomic mass is 10.0. The highest BCUT2D eigenvalue weighted by atomic mass is 16.6. The highest BCUT2D eigenvalue weighted by Crippen LogP contribution is 2.44. The lowest BCUT2D eigenvalue weighted by molar-refractivity contribution is -0.141. The van der Waals surface area contributed by atoms with E-state index < -0.39 is 53.7 Å². The molecule has 0 heterocycles. The maximum atomic E-state index is 12.9. The number of aliphatic hydroxyl groups excluding tert-OH is 1. The van der Waals surface area contributed by atoms with Crippen LogP contribution in [0.25, 0.3) is 0 Å². The van der Waals surface area contributed by atoms with Gasteiger partial charge in [-0.1, -0.05) is 0 Å². The van der Waals surface area contributed by atoms with Crippen LogP contribution >= 0.6 is 0 Å². The molecule has 0 saturated heterocycles. The minimum absolute atomic E-state index is 0.00187.